The van der Waals surface area contributed by atoms with Crippen LogP contribution >= 0.6 is 0 Å². The molecule has 5 nitrogen and oxygen atoms in total. The Morgan fingerprint density at radius 2 is 2.00 bits per heavy atom. The average molecular weight is 344 g/mol. The molecule has 2 heterocycles. The molecule has 136 valence electrons. The number of carbonyl (C=O) groups is 1. The maximum absolute atomic E-state index is 12.4. The summed E-state index contributed by atoms with van der Waals surface area (Å²) in [6, 6.07) is 5.72. The van der Waals surface area contributed by atoms with Crippen molar-refractivity contribution in [2.75, 3.05) is 25.0 Å². The number of piperidine rings is 1. The molecule has 2 fully saturated rings. The fraction of sp³-hybridized carbons (Fsp3) is 0.650. The van der Waals surface area contributed by atoms with Crippen molar-refractivity contribution in [3.63, 3.8) is 0 Å². The van der Waals surface area contributed by atoms with E-state index in [1.54, 1.807) is 0 Å². The summed E-state index contributed by atoms with van der Waals surface area (Å²) in [6.07, 6.45) is 7.87. The van der Waals surface area contributed by atoms with Gasteiger partial charge in [-0.1, -0.05) is 13.3 Å². The molecule has 1 spiro atoms. The second-order valence-corrected chi connectivity index (χ2v) is 7.87. The van der Waals surface area contributed by atoms with Gasteiger partial charge in [-0.15, -0.1) is 0 Å². The molecule has 5 heteroatoms. The standard InChI is InChI=1S/C20H28N2O3/c1-15-6-5-11-22(13-15)14-19(23)21-16-7-8-17-18(12-16)25-20(24-17)9-3-2-4-10-20/h7-8,12,15H,2-6,9-11,13-14H2,1H3,(H,21,23)/t15-/m1/s1. The van der Waals surface area contributed by atoms with Crippen molar-refractivity contribution in [3.05, 3.63) is 18.2 Å². The zero-order valence-corrected chi connectivity index (χ0v) is 15.1. The molecule has 0 unspecified atom stereocenters. The minimum absolute atomic E-state index is 0.0420. The van der Waals surface area contributed by atoms with Crippen LogP contribution in [-0.2, 0) is 4.79 Å². The Bertz CT molecular complexity index is 640. The summed E-state index contributed by atoms with van der Waals surface area (Å²) in [5.74, 6) is 1.81. The largest absolute Gasteiger partial charge is 0.448 e. The van der Waals surface area contributed by atoms with E-state index in [-0.39, 0.29) is 5.91 Å². The zero-order valence-electron chi connectivity index (χ0n) is 15.1. The Labute approximate surface area is 149 Å². The zero-order chi connectivity index (χ0) is 17.3. The van der Waals surface area contributed by atoms with Gasteiger partial charge >= 0.3 is 0 Å². The Kier molecular flexibility index (Phi) is 4.59. The quantitative estimate of drug-likeness (QED) is 0.906. The number of amides is 1. The van der Waals surface area contributed by atoms with Gasteiger partial charge in [-0.25, -0.2) is 0 Å². The van der Waals surface area contributed by atoms with E-state index < -0.39 is 5.79 Å². The number of carbonyl (C=O) groups excluding carboxylic acids is 1. The Balaban J connectivity index is 1.36. The van der Waals surface area contributed by atoms with Gasteiger partial charge in [0.1, 0.15) is 0 Å². The van der Waals surface area contributed by atoms with E-state index in [4.69, 9.17) is 9.47 Å². The fourth-order valence-electron chi connectivity index (χ4n) is 4.30. The van der Waals surface area contributed by atoms with E-state index in [9.17, 15) is 4.79 Å². The molecular weight excluding hydrogens is 316 g/mol. The molecule has 0 aromatic heterocycles. The molecule has 1 aromatic rings. The van der Waals surface area contributed by atoms with Gasteiger partial charge in [0.2, 0.25) is 5.91 Å². The van der Waals surface area contributed by atoms with Crippen LogP contribution in [-0.4, -0.2) is 36.2 Å². The van der Waals surface area contributed by atoms with Crippen molar-refractivity contribution < 1.29 is 14.3 Å². The lowest BCUT2D eigenvalue weighted by Gasteiger charge is -2.31. The van der Waals surface area contributed by atoms with Crippen LogP contribution < -0.4 is 14.8 Å². The van der Waals surface area contributed by atoms with Crippen molar-refractivity contribution in [1.29, 1.82) is 0 Å². The van der Waals surface area contributed by atoms with Gasteiger partial charge in [-0.2, -0.15) is 0 Å². The van der Waals surface area contributed by atoms with Crippen LogP contribution in [0.25, 0.3) is 0 Å². The smallest absolute Gasteiger partial charge is 0.251 e. The lowest BCUT2D eigenvalue weighted by molar-refractivity contribution is -0.117. The predicted molar refractivity (Wildman–Crippen MR) is 97.0 cm³/mol. The van der Waals surface area contributed by atoms with Gasteiger partial charge in [0, 0.05) is 31.1 Å². The maximum Gasteiger partial charge on any atom is 0.251 e. The van der Waals surface area contributed by atoms with Crippen LogP contribution in [0.1, 0.15) is 51.9 Å². The highest BCUT2D eigenvalue weighted by Gasteiger charge is 2.42. The van der Waals surface area contributed by atoms with E-state index in [0.717, 1.165) is 56.0 Å². The van der Waals surface area contributed by atoms with Crippen LogP contribution in [0.3, 0.4) is 0 Å². The van der Waals surface area contributed by atoms with Crippen LogP contribution in [0.5, 0.6) is 11.5 Å². The summed E-state index contributed by atoms with van der Waals surface area (Å²) >= 11 is 0. The summed E-state index contributed by atoms with van der Waals surface area (Å²) in [7, 11) is 0. The number of ether oxygens (including phenoxy) is 2. The Hall–Kier alpha value is -1.75. The molecule has 3 aliphatic rings. The first-order valence-corrected chi connectivity index (χ1v) is 9.66. The first kappa shape index (κ1) is 16.7. The van der Waals surface area contributed by atoms with Crippen LogP contribution in [0, 0.1) is 5.92 Å². The molecule has 25 heavy (non-hydrogen) atoms. The molecule has 2 aliphatic heterocycles. The summed E-state index contributed by atoms with van der Waals surface area (Å²) in [5, 5.41) is 3.01. The Morgan fingerprint density at radius 3 is 2.80 bits per heavy atom. The third kappa shape index (κ3) is 3.76. The van der Waals surface area contributed by atoms with Crippen molar-refractivity contribution in [2.24, 2.45) is 5.92 Å². The summed E-state index contributed by atoms with van der Waals surface area (Å²) in [5.41, 5.74) is 0.783. The lowest BCUT2D eigenvalue weighted by atomic mass is 9.94. The fourth-order valence-corrected chi connectivity index (χ4v) is 4.30. The average Bonchev–Trinajstić information content (AvgIpc) is 2.92. The van der Waals surface area contributed by atoms with Gasteiger partial charge in [0.15, 0.2) is 11.5 Å². The summed E-state index contributed by atoms with van der Waals surface area (Å²) in [4.78, 5) is 14.6. The molecular formula is C20H28N2O3. The van der Waals surface area contributed by atoms with E-state index >= 15 is 0 Å². The van der Waals surface area contributed by atoms with Gasteiger partial charge in [0.05, 0.1) is 6.54 Å². The SMILES string of the molecule is C[C@@H]1CCCN(CC(=O)Nc2ccc3c(c2)OC2(CCCCC2)O3)C1. The number of likely N-dealkylation sites (tertiary alicyclic amines) is 1. The van der Waals surface area contributed by atoms with Crippen molar-refractivity contribution in [2.45, 2.75) is 57.7 Å². The molecule has 1 saturated heterocycles. The topological polar surface area (TPSA) is 50.8 Å². The van der Waals surface area contributed by atoms with Crippen molar-refractivity contribution in [1.82, 2.24) is 4.90 Å². The molecule has 1 atom stereocenters. The molecule has 0 bridgehead atoms. The highest BCUT2D eigenvalue weighted by Crippen LogP contribution is 2.46. The first-order chi connectivity index (χ1) is 12.1. The van der Waals surface area contributed by atoms with Gasteiger partial charge in [-0.05, 0) is 50.3 Å². The molecule has 1 aromatic carbocycles. The second kappa shape index (κ2) is 6.87. The minimum Gasteiger partial charge on any atom is -0.448 e. The predicted octanol–water partition coefficient (Wildman–Crippen LogP) is 3.79. The van der Waals surface area contributed by atoms with E-state index in [1.165, 1.54) is 19.3 Å². The lowest BCUT2D eigenvalue weighted by Crippen LogP contribution is -2.40. The minimum atomic E-state index is -0.465. The number of hydrogen-bond acceptors (Lipinski definition) is 4. The number of nitrogens with zero attached hydrogens (tertiary/aromatic N) is 1. The van der Waals surface area contributed by atoms with Crippen molar-refractivity contribution >= 4 is 11.6 Å². The number of nitrogens with one attached hydrogen (secondary N) is 1. The highest BCUT2D eigenvalue weighted by molar-refractivity contribution is 5.92. The third-order valence-corrected chi connectivity index (χ3v) is 5.54. The number of anilines is 1. The summed E-state index contributed by atoms with van der Waals surface area (Å²) < 4.78 is 12.2. The van der Waals surface area contributed by atoms with Crippen LogP contribution in [0.2, 0.25) is 0 Å². The third-order valence-electron chi connectivity index (χ3n) is 5.54. The molecule has 1 aliphatic carbocycles. The molecule has 4 rings (SSSR count). The highest BCUT2D eigenvalue weighted by atomic mass is 16.7. The molecule has 0 radical (unpaired) electrons. The molecule has 1 saturated carbocycles. The first-order valence-electron chi connectivity index (χ1n) is 9.66. The summed E-state index contributed by atoms with van der Waals surface area (Å²) in [6.45, 7) is 4.74. The van der Waals surface area contributed by atoms with E-state index in [0.29, 0.717) is 12.5 Å². The number of rotatable bonds is 3. The number of hydrogen-bond donors (Lipinski definition) is 1. The second-order valence-electron chi connectivity index (χ2n) is 7.87. The van der Waals surface area contributed by atoms with E-state index in [2.05, 4.69) is 17.1 Å². The monoisotopic (exact) mass is 344 g/mol. The number of fused-ring (bicyclic) bond motifs is 1. The molecule has 1 amide bonds. The van der Waals surface area contributed by atoms with Crippen LogP contribution in [0.15, 0.2) is 18.2 Å². The van der Waals surface area contributed by atoms with Gasteiger partial charge in [0.25, 0.3) is 5.79 Å². The Morgan fingerprint density at radius 1 is 1.20 bits per heavy atom. The molecule has 1 N–H and O–H groups in total. The number of benzene rings is 1. The maximum atomic E-state index is 12.4. The van der Waals surface area contributed by atoms with E-state index in [1.807, 2.05) is 18.2 Å². The van der Waals surface area contributed by atoms with Gasteiger partial charge in [-0.3, -0.25) is 9.69 Å². The van der Waals surface area contributed by atoms with Crippen molar-refractivity contribution in [3.8, 4) is 11.5 Å². The van der Waals surface area contributed by atoms with Crippen LogP contribution in [0.4, 0.5) is 5.69 Å². The normalized spacial score (nSPS) is 25.1. The van der Waals surface area contributed by atoms with Gasteiger partial charge < -0.3 is 14.8 Å².